The first-order valence-electron chi connectivity index (χ1n) is 8.69. The number of nitrogens with zero attached hydrogens (tertiary/aromatic N) is 1. The molecule has 0 aromatic heterocycles. The number of carbonyl (C=O) groups is 1. The summed E-state index contributed by atoms with van der Waals surface area (Å²) in [4.78, 5) is 12.4. The molecule has 2 aromatic rings. The second-order valence-corrected chi connectivity index (χ2v) is 8.08. The van der Waals surface area contributed by atoms with Crippen LogP contribution in [0.3, 0.4) is 0 Å². The maximum absolute atomic E-state index is 14.3. The first-order chi connectivity index (χ1) is 13.0. The van der Waals surface area contributed by atoms with Gasteiger partial charge < -0.3 is 10.1 Å². The van der Waals surface area contributed by atoms with Crippen LogP contribution < -0.4 is 9.62 Å². The Kier molecular flexibility index (Phi) is 6.08. The zero-order valence-corrected chi connectivity index (χ0v) is 15.5. The number of sulfonamides is 1. The Bertz CT molecular complexity index is 884. The fraction of sp³-hybridized carbons (Fsp3) is 0.316. The van der Waals surface area contributed by atoms with Crippen molar-refractivity contribution in [3.05, 3.63) is 60.4 Å². The van der Waals surface area contributed by atoms with E-state index < -0.39 is 28.3 Å². The monoisotopic (exact) mass is 392 g/mol. The lowest BCUT2D eigenvalue weighted by atomic mass is 10.2. The Labute approximate surface area is 158 Å². The topological polar surface area (TPSA) is 75.7 Å². The highest BCUT2D eigenvalue weighted by atomic mass is 32.2. The molecule has 1 fully saturated rings. The van der Waals surface area contributed by atoms with Crippen LogP contribution in [0.5, 0.6) is 0 Å². The Hall–Kier alpha value is -2.45. The fourth-order valence-electron chi connectivity index (χ4n) is 2.89. The molecule has 1 saturated heterocycles. The summed E-state index contributed by atoms with van der Waals surface area (Å²) in [5.41, 5.74) is -0.173. The predicted molar refractivity (Wildman–Crippen MR) is 99.4 cm³/mol. The van der Waals surface area contributed by atoms with E-state index >= 15 is 0 Å². The zero-order valence-electron chi connectivity index (χ0n) is 14.7. The van der Waals surface area contributed by atoms with Gasteiger partial charge in [-0.25, -0.2) is 12.8 Å². The van der Waals surface area contributed by atoms with Gasteiger partial charge in [0.1, 0.15) is 12.4 Å². The average Bonchev–Trinajstić information content (AvgIpc) is 3.19. The lowest BCUT2D eigenvalue weighted by molar-refractivity contribution is -0.120. The molecule has 0 aliphatic carbocycles. The Morgan fingerprint density at radius 2 is 1.85 bits per heavy atom. The van der Waals surface area contributed by atoms with Crippen LogP contribution in [-0.2, 0) is 19.6 Å². The number of carbonyl (C=O) groups excluding carboxylic acids is 1. The standard InChI is InChI=1S/C19H21FN2O4S/c20-17-10-4-5-11-18(17)22(27(24,25)16-8-2-1-3-9-16)14-19(23)21-13-15-7-6-12-26-15/h1-5,8-11,15H,6-7,12-14H2,(H,21,23)/t15-/m1/s1. The first kappa shape index (κ1) is 19.3. The summed E-state index contributed by atoms with van der Waals surface area (Å²) in [7, 11) is -4.11. The Balaban J connectivity index is 1.84. The minimum absolute atomic E-state index is 0.0137. The summed E-state index contributed by atoms with van der Waals surface area (Å²) in [6.45, 7) is 0.435. The Morgan fingerprint density at radius 3 is 2.52 bits per heavy atom. The van der Waals surface area contributed by atoms with Crippen molar-refractivity contribution in [2.75, 3.05) is 24.0 Å². The maximum atomic E-state index is 14.3. The van der Waals surface area contributed by atoms with Crippen molar-refractivity contribution in [3.63, 3.8) is 0 Å². The summed E-state index contributed by atoms with van der Waals surface area (Å²) in [6, 6.07) is 13.1. The highest BCUT2D eigenvalue weighted by Crippen LogP contribution is 2.25. The van der Waals surface area contributed by atoms with E-state index in [4.69, 9.17) is 4.74 Å². The van der Waals surface area contributed by atoms with Crippen LogP contribution in [0, 0.1) is 5.82 Å². The highest BCUT2D eigenvalue weighted by Gasteiger charge is 2.29. The smallest absolute Gasteiger partial charge is 0.264 e. The van der Waals surface area contributed by atoms with E-state index in [1.807, 2.05) is 0 Å². The molecule has 0 bridgehead atoms. The number of benzene rings is 2. The molecule has 1 aliphatic heterocycles. The SMILES string of the molecule is O=C(CN(c1ccccc1F)S(=O)(=O)c1ccccc1)NC[C@H]1CCCO1. The van der Waals surface area contributed by atoms with Crippen LogP contribution in [0.25, 0.3) is 0 Å². The van der Waals surface area contributed by atoms with E-state index in [2.05, 4.69) is 5.32 Å². The third kappa shape index (κ3) is 4.64. The van der Waals surface area contributed by atoms with Gasteiger partial charge in [-0.3, -0.25) is 9.10 Å². The van der Waals surface area contributed by atoms with Gasteiger partial charge in [-0.05, 0) is 37.1 Å². The molecule has 2 aromatic carbocycles. The molecule has 0 radical (unpaired) electrons. The number of para-hydroxylation sites is 1. The fourth-order valence-corrected chi connectivity index (χ4v) is 4.34. The van der Waals surface area contributed by atoms with Gasteiger partial charge in [-0.2, -0.15) is 0 Å². The molecule has 8 heteroatoms. The number of rotatable bonds is 7. The van der Waals surface area contributed by atoms with E-state index in [1.54, 1.807) is 18.2 Å². The largest absolute Gasteiger partial charge is 0.376 e. The molecule has 0 spiro atoms. The summed E-state index contributed by atoms with van der Waals surface area (Å²) < 4.78 is 46.6. The molecular weight excluding hydrogens is 371 g/mol. The van der Waals surface area contributed by atoms with Crippen molar-refractivity contribution in [2.45, 2.75) is 23.8 Å². The molecule has 3 rings (SSSR count). The van der Waals surface area contributed by atoms with Gasteiger partial charge >= 0.3 is 0 Å². The number of anilines is 1. The van der Waals surface area contributed by atoms with Gasteiger partial charge in [0.25, 0.3) is 10.0 Å². The van der Waals surface area contributed by atoms with Gasteiger partial charge in [0.15, 0.2) is 0 Å². The number of hydrogen-bond acceptors (Lipinski definition) is 4. The van der Waals surface area contributed by atoms with E-state index in [9.17, 15) is 17.6 Å². The molecule has 1 aliphatic rings. The van der Waals surface area contributed by atoms with Crippen LogP contribution >= 0.6 is 0 Å². The minimum atomic E-state index is -4.11. The van der Waals surface area contributed by atoms with Crippen molar-refractivity contribution >= 4 is 21.6 Å². The molecule has 0 saturated carbocycles. The normalized spacial score (nSPS) is 16.9. The van der Waals surface area contributed by atoms with Crippen LogP contribution in [-0.4, -0.2) is 40.1 Å². The molecule has 1 N–H and O–H groups in total. The van der Waals surface area contributed by atoms with Gasteiger partial charge in [0.05, 0.1) is 16.7 Å². The number of hydrogen-bond donors (Lipinski definition) is 1. The van der Waals surface area contributed by atoms with Crippen LogP contribution in [0.15, 0.2) is 59.5 Å². The van der Waals surface area contributed by atoms with Crippen LogP contribution in [0.2, 0.25) is 0 Å². The van der Waals surface area contributed by atoms with Crippen molar-refractivity contribution in [1.82, 2.24) is 5.32 Å². The van der Waals surface area contributed by atoms with Crippen molar-refractivity contribution in [2.24, 2.45) is 0 Å². The molecule has 27 heavy (non-hydrogen) atoms. The number of nitrogens with one attached hydrogen (secondary N) is 1. The number of amides is 1. The molecule has 0 unspecified atom stereocenters. The van der Waals surface area contributed by atoms with Crippen molar-refractivity contribution < 1.29 is 22.3 Å². The number of halogens is 1. The summed E-state index contributed by atoms with van der Waals surface area (Å²) in [5, 5.41) is 2.68. The zero-order chi connectivity index (χ0) is 19.3. The van der Waals surface area contributed by atoms with Crippen molar-refractivity contribution in [1.29, 1.82) is 0 Å². The maximum Gasteiger partial charge on any atom is 0.264 e. The van der Waals surface area contributed by atoms with E-state index in [1.165, 1.54) is 30.3 Å². The van der Waals surface area contributed by atoms with E-state index in [0.717, 1.165) is 23.2 Å². The predicted octanol–water partition coefficient (Wildman–Crippen LogP) is 2.32. The highest BCUT2D eigenvalue weighted by molar-refractivity contribution is 7.92. The molecule has 6 nitrogen and oxygen atoms in total. The van der Waals surface area contributed by atoms with Gasteiger partial charge in [0.2, 0.25) is 5.91 Å². The van der Waals surface area contributed by atoms with Crippen molar-refractivity contribution in [3.8, 4) is 0 Å². The van der Waals surface area contributed by atoms with Crippen LogP contribution in [0.4, 0.5) is 10.1 Å². The molecule has 144 valence electrons. The lowest BCUT2D eigenvalue weighted by Crippen LogP contribution is -2.43. The summed E-state index contributed by atoms with van der Waals surface area (Å²) in [6.07, 6.45) is 1.71. The summed E-state index contributed by atoms with van der Waals surface area (Å²) in [5.74, 6) is -1.24. The van der Waals surface area contributed by atoms with E-state index in [0.29, 0.717) is 13.2 Å². The molecule has 1 amide bonds. The Morgan fingerprint density at radius 1 is 1.15 bits per heavy atom. The quantitative estimate of drug-likeness (QED) is 0.785. The third-order valence-electron chi connectivity index (χ3n) is 4.29. The molecular formula is C19H21FN2O4S. The van der Waals surface area contributed by atoms with Crippen LogP contribution in [0.1, 0.15) is 12.8 Å². The van der Waals surface area contributed by atoms with E-state index in [-0.39, 0.29) is 16.7 Å². The first-order valence-corrected chi connectivity index (χ1v) is 10.1. The molecule has 1 atom stereocenters. The summed E-state index contributed by atoms with van der Waals surface area (Å²) >= 11 is 0. The second kappa shape index (κ2) is 8.49. The van der Waals surface area contributed by atoms with Gasteiger partial charge in [0, 0.05) is 13.2 Å². The lowest BCUT2D eigenvalue weighted by Gasteiger charge is -2.24. The van der Waals surface area contributed by atoms with Gasteiger partial charge in [-0.15, -0.1) is 0 Å². The average molecular weight is 392 g/mol. The number of ether oxygens (including phenoxy) is 1. The third-order valence-corrected chi connectivity index (χ3v) is 6.06. The minimum Gasteiger partial charge on any atom is -0.376 e. The van der Waals surface area contributed by atoms with Gasteiger partial charge in [-0.1, -0.05) is 30.3 Å². The molecule has 1 heterocycles. The second-order valence-electron chi connectivity index (χ2n) is 6.22.